The van der Waals surface area contributed by atoms with Crippen molar-refractivity contribution in [2.45, 2.75) is 19.0 Å². The monoisotopic (exact) mass is 251 g/mol. The van der Waals surface area contributed by atoms with Gasteiger partial charge in [-0.2, -0.15) is 0 Å². The summed E-state index contributed by atoms with van der Waals surface area (Å²) in [4.78, 5) is 6.74. The van der Waals surface area contributed by atoms with E-state index >= 15 is 0 Å². The van der Waals surface area contributed by atoms with Crippen LogP contribution >= 0.6 is 11.3 Å². The molecule has 2 aliphatic heterocycles. The van der Waals surface area contributed by atoms with Crippen LogP contribution in [-0.4, -0.2) is 55.1 Å². The summed E-state index contributed by atoms with van der Waals surface area (Å²) in [6, 6.07) is 5.21. The highest BCUT2D eigenvalue weighted by atomic mass is 32.1. The van der Waals surface area contributed by atoms with Crippen LogP contribution in [0.25, 0.3) is 0 Å². The summed E-state index contributed by atoms with van der Waals surface area (Å²) in [5.74, 6) is 0. The molecule has 2 aliphatic rings. The average Bonchev–Trinajstić information content (AvgIpc) is 2.65. The Balaban J connectivity index is 1.44. The van der Waals surface area contributed by atoms with Crippen LogP contribution < -0.4 is 5.32 Å². The second-order valence-corrected chi connectivity index (χ2v) is 6.10. The van der Waals surface area contributed by atoms with Crippen LogP contribution in [0.3, 0.4) is 0 Å². The van der Waals surface area contributed by atoms with Crippen molar-refractivity contribution in [2.24, 2.45) is 0 Å². The maximum atomic E-state index is 3.47. The number of likely N-dealkylation sites (tertiary alicyclic amines) is 1. The Hall–Kier alpha value is -0.420. The molecule has 94 valence electrons. The SMILES string of the molecule is c1csc(CN2CC(N3CCCNCC3)C2)c1. The highest BCUT2D eigenvalue weighted by molar-refractivity contribution is 7.09. The molecule has 0 unspecified atom stereocenters. The Morgan fingerprint density at radius 2 is 2.24 bits per heavy atom. The fourth-order valence-electron chi connectivity index (χ4n) is 2.76. The van der Waals surface area contributed by atoms with Crippen molar-refractivity contribution >= 4 is 11.3 Å². The zero-order valence-corrected chi connectivity index (χ0v) is 11.1. The molecule has 0 radical (unpaired) electrons. The van der Waals surface area contributed by atoms with Crippen molar-refractivity contribution in [3.05, 3.63) is 22.4 Å². The average molecular weight is 251 g/mol. The van der Waals surface area contributed by atoms with E-state index in [2.05, 4.69) is 32.6 Å². The van der Waals surface area contributed by atoms with Crippen molar-refractivity contribution in [2.75, 3.05) is 39.3 Å². The highest BCUT2D eigenvalue weighted by Crippen LogP contribution is 2.20. The summed E-state index contributed by atoms with van der Waals surface area (Å²) in [6.45, 7) is 8.56. The third kappa shape index (κ3) is 2.88. The first-order valence-corrected chi connectivity index (χ1v) is 7.49. The minimum absolute atomic E-state index is 0.815. The normalized spacial score (nSPS) is 24.5. The van der Waals surface area contributed by atoms with Gasteiger partial charge in [0.25, 0.3) is 0 Å². The van der Waals surface area contributed by atoms with E-state index in [0.717, 1.165) is 12.6 Å². The van der Waals surface area contributed by atoms with Crippen LogP contribution in [0.2, 0.25) is 0 Å². The van der Waals surface area contributed by atoms with Gasteiger partial charge in [0.15, 0.2) is 0 Å². The first kappa shape index (κ1) is 11.7. The molecule has 3 nitrogen and oxygen atoms in total. The summed E-state index contributed by atoms with van der Waals surface area (Å²) in [5, 5.41) is 5.65. The molecule has 2 saturated heterocycles. The van der Waals surface area contributed by atoms with Crippen molar-refractivity contribution in [1.82, 2.24) is 15.1 Å². The van der Waals surface area contributed by atoms with Gasteiger partial charge in [-0.1, -0.05) is 6.07 Å². The molecule has 2 fully saturated rings. The van der Waals surface area contributed by atoms with E-state index in [1.165, 1.54) is 50.6 Å². The molecule has 0 atom stereocenters. The first-order valence-electron chi connectivity index (χ1n) is 6.61. The summed E-state index contributed by atoms with van der Waals surface area (Å²) in [6.07, 6.45) is 1.31. The Morgan fingerprint density at radius 1 is 1.29 bits per heavy atom. The predicted octanol–water partition coefficient (Wildman–Crippen LogP) is 1.23. The molecule has 0 aliphatic carbocycles. The lowest BCUT2D eigenvalue weighted by molar-refractivity contribution is 0.0329. The molecular formula is C13H21N3S. The number of nitrogens with one attached hydrogen (secondary N) is 1. The van der Waals surface area contributed by atoms with Gasteiger partial charge in [-0.05, 0) is 31.0 Å². The molecule has 0 saturated carbocycles. The molecule has 0 bridgehead atoms. The zero-order valence-electron chi connectivity index (χ0n) is 10.3. The number of rotatable bonds is 3. The Kier molecular flexibility index (Phi) is 3.76. The lowest BCUT2D eigenvalue weighted by Crippen LogP contribution is -2.59. The smallest absolute Gasteiger partial charge is 0.0351 e. The van der Waals surface area contributed by atoms with Gasteiger partial charge in [0, 0.05) is 43.6 Å². The van der Waals surface area contributed by atoms with E-state index in [9.17, 15) is 0 Å². The fraction of sp³-hybridized carbons (Fsp3) is 0.692. The van der Waals surface area contributed by atoms with Crippen molar-refractivity contribution < 1.29 is 0 Å². The van der Waals surface area contributed by atoms with Gasteiger partial charge in [0.2, 0.25) is 0 Å². The summed E-state index contributed by atoms with van der Waals surface area (Å²) in [7, 11) is 0. The lowest BCUT2D eigenvalue weighted by atomic mass is 10.1. The van der Waals surface area contributed by atoms with Crippen molar-refractivity contribution in [3.8, 4) is 0 Å². The molecular weight excluding hydrogens is 230 g/mol. The van der Waals surface area contributed by atoms with Crippen molar-refractivity contribution in [1.29, 1.82) is 0 Å². The van der Waals surface area contributed by atoms with E-state index in [1.807, 2.05) is 11.3 Å². The molecule has 4 heteroatoms. The quantitative estimate of drug-likeness (QED) is 0.871. The second-order valence-electron chi connectivity index (χ2n) is 5.07. The predicted molar refractivity (Wildman–Crippen MR) is 72.4 cm³/mol. The standard InChI is InChI=1S/C13H21N3S/c1-3-13(17-8-1)11-15-9-12(10-15)16-6-2-4-14-5-7-16/h1,3,8,12,14H,2,4-7,9-11H2. The maximum Gasteiger partial charge on any atom is 0.0351 e. The number of hydrogen-bond acceptors (Lipinski definition) is 4. The van der Waals surface area contributed by atoms with Gasteiger partial charge in [-0.15, -0.1) is 11.3 Å². The molecule has 0 aromatic carbocycles. The largest absolute Gasteiger partial charge is 0.315 e. The second kappa shape index (κ2) is 5.48. The fourth-order valence-corrected chi connectivity index (χ4v) is 3.50. The highest BCUT2D eigenvalue weighted by Gasteiger charge is 2.31. The summed E-state index contributed by atoms with van der Waals surface area (Å²) in [5.41, 5.74) is 0. The molecule has 3 heterocycles. The zero-order chi connectivity index (χ0) is 11.5. The maximum absolute atomic E-state index is 3.47. The summed E-state index contributed by atoms with van der Waals surface area (Å²) >= 11 is 1.88. The van der Waals surface area contributed by atoms with E-state index in [1.54, 1.807) is 0 Å². The Labute approximate surface area is 107 Å². The molecule has 0 spiro atoms. The Bertz CT molecular complexity index is 324. The van der Waals surface area contributed by atoms with Gasteiger partial charge >= 0.3 is 0 Å². The molecule has 1 aromatic heterocycles. The van der Waals surface area contributed by atoms with Gasteiger partial charge in [-0.25, -0.2) is 0 Å². The number of hydrogen-bond donors (Lipinski definition) is 1. The van der Waals surface area contributed by atoms with Gasteiger partial charge in [-0.3, -0.25) is 9.80 Å². The van der Waals surface area contributed by atoms with Crippen LogP contribution in [-0.2, 0) is 6.54 Å². The Morgan fingerprint density at radius 3 is 3.06 bits per heavy atom. The van der Waals surface area contributed by atoms with E-state index in [-0.39, 0.29) is 0 Å². The van der Waals surface area contributed by atoms with Crippen LogP contribution in [0.1, 0.15) is 11.3 Å². The van der Waals surface area contributed by atoms with Gasteiger partial charge in [0.1, 0.15) is 0 Å². The van der Waals surface area contributed by atoms with Crippen LogP contribution in [0.15, 0.2) is 17.5 Å². The number of thiophene rings is 1. The van der Waals surface area contributed by atoms with E-state index < -0.39 is 0 Å². The first-order chi connectivity index (χ1) is 8.42. The van der Waals surface area contributed by atoms with Gasteiger partial charge in [0.05, 0.1) is 0 Å². The minimum atomic E-state index is 0.815. The molecule has 0 amide bonds. The number of nitrogens with zero attached hydrogens (tertiary/aromatic N) is 2. The van der Waals surface area contributed by atoms with Crippen LogP contribution in [0, 0.1) is 0 Å². The third-order valence-corrected chi connectivity index (χ3v) is 4.65. The van der Waals surface area contributed by atoms with Gasteiger partial charge < -0.3 is 5.32 Å². The topological polar surface area (TPSA) is 18.5 Å². The van der Waals surface area contributed by atoms with Crippen molar-refractivity contribution in [3.63, 3.8) is 0 Å². The molecule has 17 heavy (non-hydrogen) atoms. The summed E-state index contributed by atoms with van der Waals surface area (Å²) < 4.78 is 0. The molecule has 1 aromatic rings. The lowest BCUT2D eigenvalue weighted by Gasteiger charge is -2.45. The minimum Gasteiger partial charge on any atom is -0.315 e. The van der Waals surface area contributed by atoms with Crippen LogP contribution in [0.4, 0.5) is 0 Å². The van der Waals surface area contributed by atoms with E-state index in [0.29, 0.717) is 0 Å². The van der Waals surface area contributed by atoms with E-state index in [4.69, 9.17) is 0 Å². The van der Waals surface area contributed by atoms with Crippen LogP contribution in [0.5, 0.6) is 0 Å². The molecule has 3 rings (SSSR count). The molecule has 1 N–H and O–H groups in total. The third-order valence-electron chi connectivity index (χ3n) is 3.79.